The summed E-state index contributed by atoms with van der Waals surface area (Å²) in [5.41, 5.74) is 8.30. The zero-order chi connectivity index (χ0) is 11.4. The molecule has 3 heteroatoms. The van der Waals surface area contributed by atoms with E-state index in [0.717, 1.165) is 16.9 Å². The van der Waals surface area contributed by atoms with E-state index in [-0.39, 0.29) is 5.82 Å². The highest BCUT2D eigenvalue weighted by Crippen LogP contribution is 2.14. The summed E-state index contributed by atoms with van der Waals surface area (Å²) in [5, 5.41) is 3.12. The number of para-hydroxylation sites is 1. The number of nitrogen functional groups attached to an aromatic ring is 1. The number of hydrogen-bond donors (Lipinski definition) is 2. The Morgan fingerprint density at radius 3 is 2.62 bits per heavy atom. The monoisotopic (exact) mass is 216 g/mol. The zero-order valence-electron chi connectivity index (χ0n) is 8.78. The SMILES string of the molecule is Nc1ccccc1CNc1cccc(F)c1. The summed E-state index contributed by atoms with van der Waals surface area (Å²) in [6.07, 6.45) is 0. The third-order valence-electron chi connectivity index (χ3n) is 2.36. The van der Waals surface area contributed by atoms with Crippen LogP contribution in [0.3, 0.4) is 0 Å². The standard InChI is InChI=1S/C13H13FN2/c14-11-5-3-6-12(8-11)16-9-10-4-1-2-7-13(10)15/h1-8,16H,9,15H2. The number of rotatable bonds is 3. The zero-order valence-corrected chi connectivity index (χ0v) is 8.78. The number of nitrogens with two attached hydrogens (primary N) is 1. The van der Waals surface area contributed by atoms with Gasteiger partial charge in [-0.3, -0.25) is 0 Å². The fraction of sp³-hybridized carbons (Fsp3) is 0.0769. The van der Waals surface area contributed by atoms with E-state index in [1.807, 2.05) is 30.3 Å². The topological polar surface area (TPSA) is 38.0 Å². The predicted molar refractivity (Wildman–Crippen MR) is 64.6 cm³/mol. The van der Waals surface area contributed by atoms with Gasteiger partial charge in [0.25, 0.3) is 0 Å². The summed E-state index contributed by atoms with van der Waals surface area (Å²) >= 11 is 0. The molecule has 0 aromatic heterocycles. The molecule has 0 spiro atoms. The molecule has 0 aliphatic carbocycles. The van der Waals surface area contributed by atoms with E-state index in [2.05, 4.69) is 5.32 Å². The van der Waals surface area contributed by atoms with E-state index in [1.165, 1.54) is 12.1 Å². The summed E-state index contributed by atoms with van der Waals surface area (Å²) in [4.78, 5) is 0. The second-order valence-corrected chi connectivity index (χ2v) is 3.56. The molecule has 2 rings (SSSR count). The van der Waals surface area contributed by atoms with E-state index in [9.17, 15) is 4.39 Å². The molecule has 0 amide bonds. The van der Waals surface area contributed by atoms with Gasteiger partial charge in [-0.2, -0.15) is 0 Å². The van der Waals surface area contributed by atoms with Crippen molar-refractivity contribution in [2.45, 2.75) is 6.54 Å². The fourth-order valence-corrected chi connectivity index (χ4v) is 1.49. The molecule has 3 N–H and O–H groups in total. The molecule has 0 saturated carbocycles. The Morgan fingerprint density at radius 2 is 1.88 bits per heavy atom. The third kappa shape index (κ3) is 2.51. The van der Waals surface area contributed by atoms with Gasteiger partial charge in [0.1, 0.15) is 5.82 Å². The molecule has 0 heterocycles. The number of anilines is 2. The lowest BCUT2D eigenvalue weighted by atomic mass is 10.2. The summed E-state index contributed by atoms with van der Waals surface area (Å²) in [5.74, 6) is -0.244. The van der Waals surface area contributed by atoms with Crippen molar-refractivity contribution in [2.75, 3.05) is 11.1 Å². The molecule has 82 valence electrons. The molecule has 2 aromatic carbocycles. The Bertz CT molecular complexity index is 483. The fourth-order valence-electron chi connectivity index (χ4n) is 1.49. The lowest BCUT2D eigenvalue weighted by Gasteiger charge is -2.08. The first-order chi connectivity index (χ1) is 7.75. The van der Waals surface area contributed by atoms with Crippen LogP contribution in [-0.2, 0) is 6.54 Å². The third-order valence-corrected chi connectivity index (χ3v) is 2.36. The second-order valence-electron chi connectivity index (χ2n) is 3.56. The van der Waals surface area contributed by atoms with Crippen LogP contribution in [0.25, 0.3) is 0 Å². The molecule has 16 heavy (non-hydrogen) atoms. The van der Waals surface area contributed by atoms with E-state index < -0.39 is 0 Å². The molecule has 0 aliphatic rings. The van der Waals surface area contributed by atoms with Crippen LogP contribution in [-0.4, -0.2) is 0 Å². The van der Waals surface area contributed by atoms with Crippen LogP contribution in [0, 0.1) is 5.82 Å². The van der Waals surface area contributed by atoms with E-state index in [0.29, 0.717) is 6.54 Å². The highest BCUT2D eigenvalue weighted by Gasteiger charge is 1.98. The lowest BCUT2D eigenvalue weighted by molar-refractivity contribution is 0.628. The van der Waals surface area contributed by atoms with Gasteiger partial charge in [0.05, 0.1) is 0 Å². The van der Waals surface area contributed by atoms with Crippen LogP contribution in [0.4, 0.5) is 15.8 Å². The average molecular weight is 216 g/mol. The summed E-state index contributed by atoms with van der Waals surface area (Å²) in [6.45, 7) is 0.593. The number of hydrogen-bond acceptors (Lipinski definition) is 2. The van der Waals surface area contributed by atoms with Crippen LogP contribution in [0.15, 0.2) is 48.5 Å². The lowest BCUT2D eigenvalue weighted by Crippen LogP contribution is -2.02. The molecule has 0 atom stereocenters. The van der Waals surface area contributed by atoms with Crippen molar-refractivity contribution >= 4 is 11.4 Å². The largest absolute Gasteiger partial charge is 0.398 e. The van der Waals surface area contributed by atoms with Gasteiger partial charge in [0, 0.05) is 17.9 Å². The Labute approximate surface area is 93.9 Å². The number of halogens is 1. The first kappa shape index (κ1) is 10.5. The minimum atomic E-state index is -0.244. The van der Waals surface area contributed by atoms with Crippen molar-refractivity contribution in [3.05, 3.63) is 59.9 Å². The Balaban J connectivity index is 2.05. The van der Waals surface area contributed by atoms with Gasteiger partial charge < -0.3 is 11.1 Å². The van der Waals surface area contributed by atoms with Crippen molar-refractivity contribution < 1.29 is 4.39 Å². The van der Waals surface area contributed by atoms with E-state index in [4.69, 9.17) is 5.73 Å². The highest BCUT2D eigenvalue weighted by molar-refractivity contribution is 5.50. The molecule has 2 aromatic rings. The molecule has 2 nitrogen and oxygen atoms in total. The van der Waals surface area contributed by atoms with E-state index >= 15 is 0 Å². The van der Waals surface area contributed by atoms with Gasteiger partial charge in [0.2, 0.25) is 0 Å². The molecule has 0 fully saturated rings. The average Bonchev–Trinajstić information content (AvgIpc) is 2.28. The van der Waals surface area contributed by atoms with Crippen molar-refractivity contribution in [3.8, 4) is 0 Å². The van der Waals surface area contributed by atoms with Gasteiger partial charge >= 0.3 is 0 Å². The molecule has 0 saturated heterocycles. The minimum Gasteiger partial charge on any atom is -0.398 e. The molecule has 0 aliphatic heterocycles. The summed E-state index contributed by atoms with van der Waals surface area (Å²) < 4.78 is 12.9. The summed E-state index contributed by atoms with van der Waals surface area (Å²) in [6, 6.07) is 14.0. The second kappa shape index (κ2) is 4.66. The minimum absolute atomic E-state index is 0.244. The maximum absolute atomic E-state index is 12.9. The Kier molecular flexibility index (Phi) is 3.05. The molecule has 0 radical (unpaired) electrons. The van der Waals surface area contributed by atoms with E-state index in [1.54, 1.807) is 6.07 Å². The van der Waals surface area contributed by atoms with Crippen molar-refractivity contribution in [2.24, 2.45) is 0 Å². The van der Waals surface area contributed by atoms with Gasteiger partial charge in [-0.05, 0) is 29.8 Å². The van der Waals surface area contributed by atoms with Crippen LogP contribution in [0.5, 0.6) is 0 Å². The van der Waals surface area contributed by atoms with Crippen LogP contribution in [0.2, 0.25) is 0 Å². The van der Waals surface area contributed by atoms with Gasteiger partial charge in [-0.15, -0.1) is 0 Å². The normalized spacial score (nSPS) is 10.1. The number of benzene rings is 2. The first-order valence-electron chi connectivity index (χ1n) is 5.08. The maximum Gasteiger partial charge on any atom is 0.125 e. The van der Waals surface area contributed by atoms with Crippen LogP contribution < -0.4 is 11.1 Å². The summed E-state index contributed by atoms with van der Waals surface area (Å²) in [7, 11) is 0. The molecule has 0 unspecified atom stereocenters. The number of nitrogens with one attached hydrogen (secondary N) is 1. The van der Waals surface area contributed by atoms with Crippen molar-refractivity contribution in [1.82, 2.24) is 0 Å². The maximum atomic E-state index is 12.9. The Hall–Kier alpha value is -2.03. The predicted octanol–water partition coefficient (Wildman–Crippen LogP) is 3.02. The smallest absolute Gasteiger partial charge is 0.125 e. The van der Waals surface area contributed by atoms with Crippen molar-refractivity contribution in [3.63, 3.8) is 0 Å². The van der Waals surface area contributed by atoms with Gasteiger partial charge in [-0.25, -0.2) is 4.39 Å². The van der Waals surface area contributed by atoms with Gasteiger partial charge in [-0.1, -0.05) is 24.3 Å². The quantitative estimate of drug-likeness (QED) is 0.774. The molecule has 0 bridgehead atoms. The van der Waals surface area contributed by atoms with Gasteiger partial charge in [0.15, 0.2) is 0 Å². The molecular weight excluding hydrogens is 203 g/mol. The first-order valence-corrected chi connectivity index (χ1v) is 5.08. The molecular formula is C13H13FN2. The van der Waals surface area contributed by atoms with Crippen molar-refractivity contribution in [1.29, 1.82) is 0 Å². The highest BCUT2D eigenvalue weighted by atomic mass is 19.1. The Morgan fingerprint density at radius 1 is 1.06 bits per heavy atom. The van der Waals surface area contributed by atoms with Crippen LogP contribution in [0.1, 0.15) is 5.56 Å². The van der Waals surface area contributed by atoms with Crippen LogP contribution >= 0.6 is 0 Å².